The van der Waals surface area contributed by atoms with Gasteiger partial charge >= 0.3 is 5.97 Å². The van der Waals surface area contributed by atoms with Gasteiger partial charge in [0.2, 0.25) is 5.78 Å². The summed E-state index contributed by atoms with van der Waals surface area (Å²) in [5, 5.41) is 0. The smallest absolute Gasteiger partial charge is 0.326 e. The fourth-order valence-electron chi connectivity index (χ4n) is 3.73. The van der Waals surface area contributed by atoms with Gasteiger partial charge in [-0.2, -0.15) is 0 Å². The Labute approximate surface area is 182 Å². The molecule has 0 aliphatic heterocycles. The molecule has 4 rings (SSSR count). The standard InChI is InChI=1S/C24H20FN3O4/c1-15-10-19(16(2)28(15)18-7-5-6-17(25)11-18)22(29)14-32-24(31)13-27-21-9-4-3-8-20(21)26-12-23(27)30/h3-12H,13-14H2,1-2H3. The molecule has 0 saturated heterocycles. The zero-order valence-electron chi connectivity index (χ0n) is 17.5. The van der Waals surface area contributed by atoms with Crippen molar-refractivity contribution in [3.8, 4) is 5.69 Å². The molecular formula is C24H20FN3O4. The summed E-state index contributed by atoms with van der Waals surface area (Å²) in [6.45, 7) is 2.75. The number of fused-ring (bicyclic) bond motifs is 1. The minimum Gasteiger partial charge on any atom is -0.456 e. The van der Waals surface area contributed by atoms with E-state index < -0.39 is 18.1 Å². The third-order valence-electron chi connectivity index (χ3n) is 5.20. The molecule has 32 heavy (non-hydrogen) atoms. The zero-order valence-corrected chi connectivity index (χ0v) is 17.5. The second kappa shape index (κ2) is 8.58. The number of ether oxygens (including phenoxy) is 1. The first kappa shape index (κ1) is 21.2. The highest BCUT2D eigenvalue weighted by Gasteiger charge is 2.19. The second-order valence-corrected chi connectivity index (χ2v) is 7.36. The fraction of sp³-hybridized carbons (Fsp3) is 0.167. The molecule has 0 spiro atoms. The maximum atomic E-state index is 13.6. The number of ketones is 1. The third-order valence-corrected chi connectivity index (χ3v) is 5.20. The molecule has 0 unspecified atom stereocenters. The number of aromatic nitrogens is 3. The molecule has 162 valence electrons. The lowest BCUT2D eigenvalue weighted by molar-refractivity contribution is -0.143. The van der Waals surface area contributed by atoms with Crippen LogP contribution in [0.3, 0.4) is 0 Å². The van der Waals surface area contributed by atoms with Crippen LogP contribution in [0.5, 0.6) is 0 Å². The Balaban J connectivity index is 1.49. The van der Waals surface area contributed by atoms with Crippen LogP contribution in [0.25, 0.3) is 16.7 Å². The van der Waals surface area contributed by atoms with Gasteiger partial charge in [0, 0.05) is 22.6 Å². The number of hydrogen-bond acceptors (Lipinski definition) is 5. The summed E-state index contributed by atoms with van der Waals surface area (Å²) in [5.74, 6) is -1.48. The topological polar surface area (TPSA) is 83.2 Å². The van der Waals surface area contributed by atoms with Gasteiger partial charge in [-0.3, -0.25) is 19.0 Å². The quantitative estimate of drug-likeness (QED) is 0.344. The Morgan fingerprint density at radius 2 is 1.84 bits per heavy atom. The highest BCUT2D eigenvalue weighted by Crippen LogP contribution is 2.22. The molecule has 4 aromatic rings. The number of aryl methyl sites for hydroxylation is 1. The molecule has 2 aromatic carbocycles. The maximum Gasteiger partial charge on any atom is 0.326 e. The highest BCUT2D eigenvalue weighted by atomic mass is 19.1. The first-order valence-corrected chi connectivity index (χ1v) is 9.93. The molecule has 0 amide bonds. The van der Waals surface area contributed by atoms with Crippen molar-refractivity contribution < 1.29 is 18.7 Å². The molecular weight excluding hydrogens is 413 g/mol. The normalized spacial score (nSPS) is 11.0. The Hall–Kier alpha value is -4.07. The van der Waals surface area contributed by atoms with E-state index >= 15 is 0 Å². The molecule has 0 atom stereocenters. The minimum atomic E-state index is -0.712. The van der Waals surface area contributed by atoms with E-state index in [1.165, 1.54) is 16.7 Å². The van der Waals surface area contributed by atoms with E-state index in [-0.39, 0.29) is 18.1 Å². The molecule has 8 heteroatoms. The minimum absolute atomic E-state index is 0.336. The van der Waals surface area contributed by atoms with Gasteiger partial charge in [-0.25, -0.2) is 9.37 Å². The van der Waals surface area contributed by atoms with Crippen LogP contribution >= 0.6 is 0 Å². The number of rotatable bonds is 6. The molecule has 0 saturated carbocycles. The van der Waals surface area contributed by atoms with Gasteiger partial charge in [-0.05, 0) is 50.2 Å². The lowest BCUT2D eigenvalue weighted by atomic mass is 10.1. The second-order valence-electron chi connectivity index (χ2n) is 7.36. The Morgan fingerprint density at radius 1 is 1.06 bits per heavy atom. The summed E-state index contributed by atoms with van der Waals surface area (Å²) in [7, 11) is 0. The Morgan fingerprint density at radius 3 is 2.62 bits per heavy atom. The molecule has 0 aliphatic carbocycles. The van der Waals surface area contributed by atoms with E-state index in [4.69, 9.17) is 4.74 Å². The van der Waals surface area contributed by atoms with Crippen molar-refractivity contribution in [2.75, 3.05) is 6.61 Å². The number of carbonyl (C=O) groups excluding carboxylic acids is 2. The molecule has 0 fully saturated rings. The summed E-state index contributed by atoms with van der Waals surface area (Å²) in [4.78, 5) is 41.3. The van der Waals surface area contributed by atoms with Crippen molar-refractivity contribution in [2.24, 2.45) is 0 Å². The number of hydrogen-bond donors (Lipinski definition) is 0. The number of nitrogens with zero attached hydrogens (tertiary/aromatic N) is 3. The van der Waals surface area contributed by atoms with Gasteiger partial charge in [-0.15, -0.1) is 0 Å². The van der Waals surface area contributed by atoms with Crippen LogP contribution in [0.1, 0.15) is 21.7 Å². The average Bonchev–Trinajstić information content (AvgIpc) is 3.08. The van der Waals surface area contributed by atoms with Gasteiger partial charge in [0.1, 0.15) is 12.4 Å². The van der Waals surface area contributed by atoms with E-state index in [1.807, 2.05) is 6.92 Å². The third kappa shape index (κ3) is 4.07. The molecule has 0 radical (unpaired) electrons. The van der Waals surface area contributed by atoms with Gasteiger partial charge in [0.15, 0.2) is 6.61 Å². The van der Waals surface area contributed by atoms with Crippen molar-refractivity contribution in [3.63, 3.8) is 0 Å². The first-order chi connectivity index (χ1) is 15.3. The molecule has 7 nitrogen and oxygen atoms in total. The van der Waals surface area contributed by atoms with E-state index in [0.717, 1.165) is 11.9 Å². The van der Waals surface area contributed by atoms with Crippen molar-refractivity contribution in [1.29, 1.82) is 0 Å². The predicted octanol–water partition coefficient (Wildman–Crippen LogP) is 3.37. The first-order valence-electron chi connectivity index (χ1n) is 9.93. The predicted molar refractivity (Wildman–Crippen MR) is 116 cm³/mol. The van der Waals surface area contributed by atoms with Gasteiger partial charge in [0.25, 0.3) is 5.56 Å². The van der Waals surface area contributed by atoms with Crippen LogP contribution in [0.15, 0.2) is 65.6 Å². The van der Waals surface area contributed by atoms with E-state index in [1.54, 1.807) is 54.0 Å². The fourth-order valence-corrected chi connectivity index (χ4v) is 3.73. The van der Waals surface area contributed by atoms with Crippen LogP contribution in [0.2, 0.25) is 0 Å². The summed E-state index contributed by atoms with van der Waals surface area (Å²) in [6.07, 6.45) is 1.14. The van der Waals surface area contributed by atoms with Gasteiger partial charge in [-0.1, -0.05) is 18.2 Å². The Kier molecular flexibility index (Phi) is 5.68. The monoisotopic (exact) mass is 433 g/mol. The Bertz CT molecular complexity index is 1400. The van der Waals surface area contributed by atoms with Gasteiger partial charge in [0.05, 0.1) is 17.2 Å². The SMILES string of the molecule is Cc1cc(C(=O)COC(=O)Cn2c(=O)cnc3ccccc32)c(C)n1-c1cccc(F)c1. The average molecular weight is 433 g/mol. The highest BCUT2D eigenvalue weighted by molar-refractivity contribution is 5.99. The van der Waals surface area contributed by atoms with Crippen LogP contribution in [0.4, 0.5) is 4.39 Å². The molecule has 0 aliphatic rings. The van der Waals surface area contributed by atoms with Gasteiger partial charge < -0.3 is 9.30 Å². The zero-order chi connectivity index (χ0) is 22.8. The largest absolute Gasteiger partial charge is 0.456 e. The van der Waals surface area contributed by atoms with E-state index in [9.17, 15) is 18.8 Å². The number of esters is 1. The number of benzene rings is 2. The number of para-hydroxylation sites is 2. The van der Waals surface area contributed by atoms with Crippen LogP contribution in [-0.4, -0.2) is 32.5 Å². The van der Waals surface area contributed by atoms with Crippen molar-refractivity contribution in [2.45, 2.75) is 20.4 Å². The van der Waals surface area contributed by atoms with E-state index in [0.29, 0.717) is 28.0 Å². The van der Waals surface area contributed by atoms with Crippen molar-refractivity contribution >= 4 is 22.8 Å². The lowest BCUT2D eigenvalue weighted by Crippen LogP contribution is -2.27. The number of carbonyl (C=O) groups is 2. The van der Waals surface area contributed by atoms with Crippen LogP contribution in [0, 0.1) is 19.7 Å². The van der Waals surface area contributed by atoms with Crippen LogP contribution < -0.4 is 5.56 Å². The number of halogens is 1. The maximum absolute atomic E-state index is 13.6. The molecule has 2 heterocycles. The summed E-state index contributed by atoms with van der Waals surface area (Å²) < 4.78 is 21.8. The molecule has 2 aromatic heterocycles. The summed E-state index contributed by atoms with van der Waals surface area (Å²) in [5.41, 5.74) is 2.97. The van der Waals surface area contributed by atoms with E-state index in [2.05, 4.69) is 4.98 Å². The van der Waals surface area contributed by atoms with Crippen molar-refractivity contribution in [3.05, 3.63) is 93.9 Å². The summed E-state index contributed by atoms with van der Waals surface area (Å²) in [6, 6.07) is 14.7. The van der Waals surface area contributed by atoms with Crippen LogP contribution in [-0.2, 0) is 16.1 Å². The summed E-state index contributed by atoms with van der Waals surface area (Å²) >= 11 is 0. The molecule has 0 bridgehead atoms. The number of Topliss-reactive ketones (excluding diaryl/α,β-unsaturated/α-hetero) is 1. The lowest BCUT2D eigenvalue weighted by Gasteiger charge is -2.10. The van der Waals surface area contributed by atoms with Crippen molar-refractivity contribution in [1.82, 2.24) is 14.1 Å². The molecule has 0 N–H and O–H groups in total.